The highest BCUT2D eigenvalue weighted by molar-refractivity contribution is 6.16. The van der Waals surface area contributed by atoms with Gasteiger partial charge in [-0.25, -0.2) is 14.8 Å². The van der Waals surface area contributed by atoms with E-state index in [4.69, 9.17) is 16.3 Å². The van der Waals surface area contributed by atoms with E-state index in [2.05, 4.69) is 9.97 Å². The molecule has 0 atom stereocenters. The van der Waals surface area contributed by atoms with Crippen molar-refractivity contribution in [1.29, 1.82) is 0 Å². The molecule has 1 aromatic rings. The summed E-state index contributed by atoms with van der Waals surface area (Å²) < 4.78 is 4.83. The molecule has 0 N–H and O–H groups in total. The average molecular weight is 215 g/mol. The van der Waals surface area contributed by atoms with Crippen LogP contribution in [0.2, 0.25) is 0 Å². The van der Waals surface area contributed by atoms with Crippen LogP contribution in [0.5, 0.6) is 0 Å². The molecule has 0 aliphatic carbocycles. The van der Waals surface area contributed by atoms with E-state index in [1.165, 1.54) is 6.20 Å². The number of halogens is 1. The first-order valence-corrected chi connectivity index (χ1v) is 4.78. The fraction of sp³-hybridized carbons (Fsp3) is 0.444. The zero-order chi connectivity index (χ0) is 10.6. The summed E-state index contributed by atoms with van der Waals surface area (Å²) in [5.74, 6) is 0.354. The molecule has 4 nitrogen and oxygen atoms in total. The fourth-order valence-corrected chi connectivity index (χ4v) is 1.12. The third-order valence-electron chi connectivity index (χ3n) is 1.64. The zero-order valence-corrected chi connectivity index (χ0v) is 8.84. The average Bonchev–Trinajstić information content (AvgIpc) is 2.17. The van der Waals surface area contributed by atoms with Gasteiger partial charge >= 0.3 is 5.97 Å². The number of hydrogen-bond donors (Lipinski definition) is 0. The Bertz CT molecular complexity index is 342. The van der Waals surface area contributed by atoms with Gasteiger partial charge in [0.1, 0.15) is 5.82 Å². The van der Waals surface area contributed by atoms with Crippen LogP contribution >= 0.6 is 11.6 Å². The van der Waals surface area contributed by atoms with Crippen LogP contribution in [0.15, 0.2) is 6.20 Å². The van der Waals surface area contributed by atoms with Crippen molar-refractivity contribution in [2.75, 3.05) is 6.61 Å². The van der Waals surface area contributed by atoms with Gasteiger partial charge < -0.3 is 4.74 Å². The Hall–Kier alpha value is -1.16. The van der Waals surface area contributed by atoms with E-state index >= 15 is 0 Å². The second-order valence-electron chi connectivity index (χ2n) is 2.64. The molecule has 0 fully saturated rings. The van der Waals surface area contributed by atoms with Crippen LogP contribution in [0, 0.1) is 6.92 Å². The Balaban J connectivity index is 2.94. The van der Waals surface area contributed by atoms with E-state index < -0.39 is 5.97 Å². The Morgan fingerprint density at radius 3 is 2.86 bits per heavy atom. The lowest BCUT2D eigenvalue weighted by atomic mass is 10.2. The summed E-state index contributed by atoms with van der Waals surface area (Å²) in [6.45, 7) is 3.82. The monoisotopic (exact) mass is 214 g/mol. The molecule has 1 aromatic heterocycles. The van der Waals surface area contributed by atoms with Crippen LogP contribution in [0.1, 0.15) is 28.8 Å². The molecular formula is C9H11ClN2O2. The number of rotatable bonds is 3. The summed E-state index contributed by atoms with van der Waals surface area (Å²) in [6.07, 6.45) is 1.44. The zero-order valence-electron chi connectivity index (χ0n) is 8.08. The number of ether oxygens (including phenoxy) is 1. The highest BCUT2D eigenvalue weighted by Crippen LogP contribution is 2.07. The van der Waals surface area contributed by atoms with Gasteiger partial charge in [-0.15, -0.1) is 11.6 Å². The van der Waals surface area contributed by atoms with Crippen molar-refractivity contribution in [2.45, 2.75) is 19.7 Å². The Kier molecular flexibility index (Phi) is 3.83. The van der Waals surface area contributed by atoms with Gasteiger partial charge in [0.25, 0.3) is 0 Å². The van der Waals surface area contributed by atoms with Gasteiger partial charge in [0, 0.05) is 6.20 Å². The Morgan fingerprint density at radius 1 is 1.64 bits per heavy atom. The normalized spacial score (nSPS) is 9.93. The van der Waals surface area contributed by atoms with Crippen molar-refractivity contribution in [3.05, 3.63) is 23.3 Å². The van der Waals surface area contributed by atoms with E-state index in [0.717, 1.165) is 0 Å². The van der Waals surface area contributed by atoms with E-state index in [9.17, 15) is 4.79 Å². The summed E-state index contributed by atoms with van der Waals surface area (Å²) in [5.41, 5.74) is 0.981. The summed E-state index contributed by atoms with van der Waals surface area (Å²) >= 11 is 5.55. The van der Waals surface area contributed by atoms with Gasteiger partial charge in [-0.3, -0.25) is 0 Å². The maximum Gasteiger partial charge on any atom is 0.341 e. The molecule has 0 aromatic carbocycles. The first-order chi connectivity index (χ1) is 6.69. The molecule has 0 radical (unpaired) electrons. The number of aromatic nitrogens is 2. The lowest BCUT2D eigenvalue weighted by molar-refractivity contribution is 0.0524. The number of aryl methyl sites for hydroxylation is 1. The van der Waals surface area contributed by atoms with Crippen LogP contribution in [-0.4, -0.2) is 22.5 Å². The summed E-state index contributed by atoms with van der Waals surface area (Å²) in [5, 5.41) is 0. The quantitative estimate of drug-likeness (QED) is 0.568. The topological polar surface area (TPSA) is 52.1 Å². The van der Waals surface area contributed by atoms with Gasteiger partial charge in [0.05, 0.1) is 23.7 Å². The molecule has 0 saturated carbocycles. The van der Waals surface area contributed by atoms with Crippen molar-refractivity contribution in [3.63, 3.8) is 0 Å². The SMILES string of the molecule is CCOC(=O)c1cnc(CCl)nc1C. The predicted octanol–water partition coefficient (Wildman–Crippen LogP) is 1.70. The molecule has 1 heterocycles. The largest absolute Gasteiger partial charge is 0.462 e. The third-order valence-corrected chi connectivity index (χ3v) is 1.88. The van der Waals surface area contributed by atoms with E-state index in [0.29, 0.717) is 23.7 Å². The molecule has 0 spiro atoms. The molecule has 76 valence electrons. The van der Waals surface area contributed by atoms with Crippen molar-refractivity contribution < 1.29 is 9.53 Å². The Morgan fingerprint density at radius 2 is 2.36 bits per heavy atom. The molecule has 0 bridgehead atoms. The molecule has 0 amide bonds. The summed E-state index contributed by atoms with van der Waals surface area (Å²) in [7, 11) is 0. The number of alkyl halides is 1. The first kappa shape index (κ1) is 10.9. The lowest BCUT2D eigenvalue weighted by Gasteiger charge is -2.04. The number of hydrogen-bond acceptors (Lipinski definition) is 4. The predicted molar refractivity (Wildman–Crippen MR) is 52.3 cm³/mol. The highest BCUT2D eigenvalue weighted by Gasteiger charge is 2.11. The minimum absolute atomic E-state index is 0.240. The fourth-order valence-electron chi connectivity index (χ4n) is 0.989. The third kappa shape index (κ3) is 2.42. The molecule has 14 heavy (non-hydrogen) atoms. The van der Waals surface area contributed by atoms with E-state index in [1.54, 1.807) is 13.8 Å². The van der Waals surface area contributed by atoms with Gasteiger partial charge in [0.2, 0.25) is 0 Å². The van der Waals surface area contributed by atoms with Gasteiger partial charge in [-0.1, -0.05) is 0 Å². The first-order valence-electron chi connectivity index (χ1n) is 4.24. The van der Waals surface area contributed by atoms with Crippen molar-refractivity contribution in [2.24, 2.45) is 0 Å². The number of carbonyl (C=O) groups is 1. The molecule has 0 aliphatic heterocycles. The number of esters is 1. The number of carbonyl (C=O) groups excluding carboxylic acids is 1. The number of nitrogens with zero attached hydrogens (tertiary/aromatic N) is 2. The molecule has 5 heteroatoms. The highest BCUT2D eigenvalue weighted by atomic mass is 35.5. The van der Waals surface area contributed by atoms with Crippen molar-refractivity contribution >= 4 is 17.6 Å². The van der Waals surface area contributed by atoms with Crippen LogP contribution in [0.25, 0.3) is 0 Å². The second-order valence-corrected chi connectivity index (χ2v) is 2.91. The molecule has 0 aliphatic rings. The summed E-state index contributed by atoms with van der Waals surface area (Å²) in [6, 6.07) is 0. The molecule has 0 unspecified atom stereocenters. The maximum atomic E-state index is 11.3. The van der Waals surface area contributed by atoms with Crippen LogP contribution < -0.4 is 0 Å². The minimum Gasteiger partial charge on any atom is -0.462 e. The molecular weight excluding hydrogens is 204 g/mol. The van der Waals surface area contributed by atoms with Gasteiger partial charge in [0.15, 0.2) is 0 Å². The molecule has 0 saturated heterocycles. The van der Waals surface area contributed by atoms with Crippen molar-refractivity contribution in [3.8, 4) is 0 Å². The smallest absolute Gasteiger partial charge is 0.341 e. The maximum absolute atomic E-state index is 11.3. The Labute approximate surface area is 87.3 Å². The van der Waals surface area contributed by atoms with Crippen LogP contribution in [0.3, 0.4) is 0 Å². The standard InChI is InChI=1S/C9H11ClN2O2/c1-3-14-9(13)7-5-11-8(4-10)12-6(7)2/h5H,3-4H2,1-2H3. The second kappa shape index (κ2) is 4.91. The lowest BCUT2D eigenvalue weighted by Crippen LogP contribution is -2.09. The van der Waals surface area contributed by atoms with Crippen LogP contribution in [0.4, 0.5) is 0 Å². The van der Waals surface area contributed by atoms with Crippen LogP contribution in [-0.2, 0) is 10.6 Å². The van der Waals surface area contributed by atoms with Gasteiger partial charge in [-0.05, 0) is 13.8 Å². The molecule has 1 rings (SSSR count). The van der Waals surface area contributed by atoms with E-state index in [-0.39, 0.29) is 5.88 Å². The minimum atomic E-state index is -0.397. The van der Waals surface area contributed by atoms with Crippen molar-refractivity contribution in [1.82, 2.24) is 9.97 Å². The summed E-state index contributed by atoms with van der Waals surface area (Å²) in [4.78, 5) is 19.3. The van der Waals surface area contributed by atoms with E-state index in [1.807, 2.05) is 0 Å². The van der Waals surface area contributed by atoms with Gasteiger partial charge in [-0.2, -0.15) is 0 Å².